The smallest absolute Gasteiger partial charge is 0.419 e. The van der Waals surface area contributed by atoms with Crippen LogP contribution in [-0.4, -0.2) is 29.2 Å². The molecule has 0 aliphatic carbocycles. The first-order valence-corrected chi connectivity index (χ1v) is 5.73. The van der Waals surface area contributed by atoms with Gasteiger partial charge in [-0.3, -0.25) is 0 Å². The van der Waals surface area contributed by atoms with Crippen LogP contribution in [0.5, 0.6) is 6.01 Å². The van der Waals surface area contributed by atoms with Gasteiger partial charge in [0.05, 0.1) is 5.56 Å². The summed E-state index contributed by atoms with van der Waals surface area (Å²) in [6, 6.07) is 0.00162. The predicted octanol–water partition coefficient (Wildman–Crippen LogP) is 1.87. The van der Waals surface area contributed by atoms with E-state index in [1.807, 2.05) is 6.92 Å². The summed E-state index contributed by atoms with van der Waals surface area (Å²) in [7, 11) is 0. The lowest BCUT2D eigenvalue weighted by Gasteiger charge is -2.28. The Morgan fingerprint density at radius 2 is 2.00 bits per heavy atom. The van der Waals surface area contributed by atoms with Crippen LogP contribution in [0.15, 0.2) is 12.4 Å². The van der Waals surface area contributed by atoms with Crippen LogP contribution in [0.4, 0.5) is 13.2 Å². The van der Waals surface area contributed by atoms with Gasteiger partial charge in [0, 0.05) is 24.9 Å². The molecule has 1 aromatic rings. The summed E-state index contributed by atoms with van der Waals surface area (Å²) < 4.78 is 42.4. The number of hydrogen-bond acceptors (Lipinski definition) is 4. The van der Waals surface area contributed by atoms with E-state index < -0.39 is 11.7 Å². The topological polar surface area (TPSA) is 47.0 Å². The zero-order chi connectivity index (χ0) is 13.2. The Bertz CT molecular complexity index is 394. The number of alkyl halides is 3. The molecule has 7 heteroatoms. The highest BCUT2D eigenvalue weighted by Crippen LogP contribution is 2.28. The molecule has 2 atom stereocenters. The third kappa shape index (κ3) is 3.10. The molecule has 1 N–H and O–H groups in total. The summed E-state index contributed by atoms with van der Waals surface area (Å²) in [5.74, 6) is 0.282. The minimum absolute atomic E-state index is 0.00162. The lowest BCUT2D eigenvalue weighted by atomic mass is 9.98. The molecule has 1 saturated heterocycles. The zero-order valence-electron chi connectivity index (χ0n) is 9.87. The molecule has 2 rings (SSSR count). The van der Waals surface area contributed by atoms with Crippen molar-refractivity contribution in [2.24, 2.45) is 5.92 Å². The van der Waals surface area contributed by atoms with Crippen molar-refractivity contribution in [2.45, 2.75) is 25.6 Å². The lowest BCUT2D eigenvalue weighted by molar-refractivity contribution is -0.138. The number of piperidine rings is 1. The number of nitrogens with zero attached hydrogens (tertiary/aromatic N) is 2. The Kier molecular flexibility index (Phi) is 3.70. The molecular formula is C11H14F3N3O. The first-order chi connectivity index (χ1) is 8.47. The van der Waals surface area contributed by atoms with Crippen LogP contribution in [0.1, 0.15) is 18.9 Å². The van der Waals surface area contributed by atoms with Gasteiger partial charge in [0.15, 0.2) is 0 Å². The summed E-state index contributed by atoms with van der Waals surface area (Å²) in [6.45, 7) is 3.67. The molecule has 100 valence electrons. The molecule has 1 aliphatic heterocycles. The molecular weight excluding hydrogens is 247 g/mol. The van der Waals surface area contributed by atoms with Gasteiger partial charge < -0.3 is 10.1 Å². The van der Waals surface area contributed by atoms with Crippen molar-refractivity contribution in [2.75, 3.05) is 13.1 Å². The van der Waals surface area contributed by atoms with Crippen LogP contribution in [-0.2, 0) is 6.18 Å². The third-order valence-electron chi connectivity index (χ3n) is 2.92. The highest BCUT2D eigenvalue weighted by Gasteiger charge is 2.31. The van der Waals surface area contributed by atoms with Crippen molar-refractivity contribution >= 4 is 0 Å². The summed E-state index contributed by atoms with van der Waals surface area (Å²) in [5, 5.41) is 3.21. The maximum Gasteiger partial charge on any atom is 0.419 e. The van der Waals surface area contributed by atoms with E-state index in [-0.39, 0.29) is 18.0 Å². The van der Waals surface area contributed by atoms with Crippen LogP contribution >= 0.6 is 0 Å². The van der Waals surface area contributed by atoms with Crippen LogP contribution in [0.25, 0.3) is 0 Å². The number of rotatable bonds is 2. The fourth-order valence-electron chi connectivity index (χ4n) is 1.82. The Morgan fingerprint density at radius 3 is 2.56 bits per heavy atom. The van der Waals surface area contributed by atoms with Gasteiger partial charge in [-0.25, -0.2) is 9.97 Å². The molecule has 0 amide bonds. The summed E-state index contributed by atoms with van der Waals surface area (Å²) in [4.78, 5) is 7.20. The molecule has 0 spiro atoms. The van der Waals surface area contributed by atoms with Gasteiger partial charge in [-0.1, -0.05) is 6.92 Å². The van der Waals surface area contributed by atoms with Gasteiger partial charge in [-0.05, 0) is 13.0 Å². The monoisotopic (exact) mass is 261 g/mol. The molecule has 1 aromatic heterocycles. The number of ether oxygens (including phenoxy) is 1. The highest BCUT2D eigenvalue weighted by molar-refractivity contribution is 5.11. The van der Waals surface area contributed by atoms with Gasteiger partial charge in [-0.2, -0.15) is 13.2 Å². The molecule has 18 heavy (non-hydrogen) atoms. The average molecular weight is 261 g/mol. The molecule has 0 aromatic carbocycles. The molecule has 0 unspecified atom stereocenters. The fraction of sp³-hybridized carbons (Fsp3) is 0.636. The largest absolute Gasteiger partial charge is 0.460 e. The van der Waals surface area contributed by atoms with E-state index in [1.54, 1.807) is 0 Å². The fourth-order valence-corrected chi connectivity index (χ4v) is 1.82. The molecule has 0 bridgehead atoms. The molecule has 2 heterocycles. The standard InChI is InChI=1S/C11H14F3N3O/c1-7-4-15-3-2-9(7)18-10-16-5-8(6-17-10)11(12,13)14/h5-7,9,15H,2-4H2,1H3/t7-,9+/m1/s1. The Balaban J connectivity index is 2.02. The maximum atomic E-state index is 12.3. The second-order valence-electron chi connectivity index (χ2n) is 4.38. The van der Waals surface area contributed by atoms with Gasteiger partial charge in [-0.15, -0.1) is 0 Å². The Morgan fingerprint density at radius 1 is 1.33 bits per heavy atom. The SMILES string of the molecule is C[C@@H]1CNCC[C@@H]1Oc1ncc(C(F)(F)F)cn1. The van der Waals surface area contributed by atoms with Gasteiger partial charge in [0.1, 0.15) is 6.10 Å². The van der Waals surface area contributed by atoms with Crippen molar-refractivity contribution in [3.8, 4) is 6.01 Å². The normalized spacial score (nSPS) is 24.9. The number of nitrogens with one attached hydrogen (secondary N) is 1. The van der Waals surface area contributed by atoms with E-state index in [1.165, 1.54) is 0 Å². The maximum absolute atomic E-state index is 12.3. The highest BCUT2D eigenvalue weighted by atomic mass is 19.4. The first-order valence-electron chi connectivity index (χ1n) is 5.73. The molecule has 0 saturated carbocycles. The predicted molar refractivity (Wildman–Crippen MR) is 58.1 cm³/mol. The third-order valence-corrected chi connectivity index (χ3v) is 2.92. The molecule has 1 fully saturated rings. The van der Waals surface area contributed by atoms with E-state index in [0.717, 1.165) is 31.9 Å². The van der Waals surface area contributed by atoms with Crippen LogP contribution in [0.3, 0.4) is 0 Å². The van der Waals surface area contributed by atoms with Gasteiger partial charge in [0.2, 0.25) is 0 Å². The molecule has 0 radical (unpaired) electrons. The van der Waals surface area contributed by atoms with E-state index in [9.17, 15) is 13.2 Å². The van der Waals surface area contributed by atoms with E-state index in [2.05, 4.69) is 15.3 Å². The quantitative estimate of drug-likeness (QED) is 0.883. The number of hydrogen-bond donors (Lipinski definition) is 1. The minimum Gasteiger partial charge on any atom is -0.460 e. The summed E-state index contributed by atoms with van der Waals surface area (Å²) >= 11 is 0. The van der Waals surface area contributed by atoms with Crippen LogP contribution in [0.2, 0.25) is 0 Å². The lowest BCUT2D eigenvalue weighted by Crippen LogP contribution is -2.41. The second-order valence-corrected chi connectivity index (χ2v) is 4.38. The van der Waals surface area contributed by atoms with Crippen molar-refractivity contribution in [1.82, 2.24) is 15.3 Å². The van der Waals surface area contributed by atoms with E-state index in [0.29, 0.717) is 0 Å². The van der Waals surface area contributed by atoms with Crippen LogP contribution in [0, 0.1) is 5.92 Å². The van der Waals surface area contributed by atoms with Crippen molar-refractivity contribution in [3.63, 3.8) is 0 Å². The van der Waals surface area contributed by atoms with Crippen molar-refractivity contribution in [3.05, 3.63) is 18.0 Å². The van der Waals surface area contributed by atoms with Gasteiger partial charge in [0.25, 0.3) is 0 Å². The zero-order valence-corrected chi connectivity index (χ0v) is 9.87. The van der Waals surface area contributed by atoms with Crippen molar-refractivity contribution in [1.29, 1.82) is 0 Å². The molecule has 4 nitrogen and oxygen atoms in total. The number of halogens is 3. The first kappa shape index (κ1) is 13.1. The summed E-state index contributed by atoms with van der Waals surface area (Å²) in [5.41, 5.74) is -0.867. The second kappa shape index (κ2) is 5.09. The Hall–Kier alpha value is -1.37. The minimum atomic E-state index is -4.42. The molecule has 1 aliphatic rings. The average Bonchev–Trinajstić information content (AvgIpc) is 2.32. The van der Waals surface area contributed by atoms with Gasteiger partial charge >= 0.3 is 12.2 Å². The number of aromatic nitrogens is 2. The van der Waals surface area contributed by atoms with E-state index in [4.69, 9.17) is 4.74 Å². The Labute approximate surface area is 103 Å². The van der Waals surface area contributed by atoms with Crippen molar-refractivity contribution < 1.29 is 17.9 Å². The van der Waals surface area contributed by atoms with Crippen LogP contribution < -0.4 is 10.1 Å². The van der Waals surface area contributed by atoms with E-state index >= 15 is 0 Å². The summed E-state index contributed by atoms with van der Waals surface area (Å²) in [6.07, 6.45) is -2.18.